The van der Waals surface area contributed by atoms with Crippen LogP contribution in [0.15, 0.2) is 59.7 Å². The molecule has 0 spiro atoms. The summed E-state index contributed by atoms with van der Waals surface area (Å²) in [6, 6.07) is 15.5. The molecular weight excluding hydrogens is 620 g/mol. The van der Waals surface area contributed by atoms with Crippen molar-refractivity contribution in [2.45, 2.75) is 96.1 Å². The van der Waals surface area contributed by atoms with Crippen molar-refractivity contribution in [1.29, 1.82) is 0 Å². The summed E-state index contributed by atoms with van der Waals surface area (Å²) in [6.45, 7) is 10.7. The van der Waals surface area contributed by atoms with Crippen LogP contribution in [-0.4, -0.2) is 86.9 Å². The van der Waals surface area contributed by atoms with Crippen LogP contribution >= 0.6 is 0 Å². The van der Waals surface area contributed by atoms with Gasteiger partial charge in [0, 0.05) is 13.1 Å². The van der Waals surface area contributed by atoms with E-state index in [1.165, 1.54) is 0 Å². The van der Waals surface area contributed by atoms with Crippen molar-refractivity contribution in [2.24, 2.45) is 10.7 Å². The summed E-state index contributed by atoms with van der Waals surface area (Å²) in [5.74, 6) is 1.44. The highest BCUT2D eigenvalue weighted by atomic mass is 16.6. The van der Waals surface area contributed by atoms with Gasteiger partial charge in [0.2, 0.25) is 11.8 Å². The third-order valence-electron chi connectivity index (χ3n) is 9.40. The molecule has 12 nitrogen and oxygen atoms in total. The molecule has 0 radical (unpaired) electrons. The highest BCUT2D eigenvalue weighted by Gasteiger charge is 2.37. The van der Waals surface area contributed by atoms with E-state index >= 15 is 0 Å². The molecule has 1 aromatic heterocycles. The highest BCUT2D eigenvalue weighted by molar-refractivity contribution is 5.94. The molecule has 6 rings (SSSR count). The van der Waals surface area contributed by atoms with Crippen LogP contribution in [0, 0.1) is 0 Å². The van der Waals surface area contributed by atoms with Gasteiger partial charge in [-0.3, -0.25) is 14.6 Å². The predicted molar refractivity (Wildman–Crippen MR) is 189 cm³/mol. The molecule has 5 N–H and O–H groups in total. The van der Waals surface area contributed by atoms with Gasteiger partial charge in [-0.05, 0) is 82.6 Å². The van der Waals surface area contributed by atoms with Crippen molar-refractivity contribution in [2.75, 3.05) is 19.6 Å². The lowest BCUT2D eigenvalue weighted by molar-refractivity contribution is -0.134. The van der Waals surface area contributed by atoms with E-state index in [-0.39, 0.29) is 29.9 Å². The number of aromatic amines is 1. The number of amidine groups is 1. The molecule has 3 aromatic rings. The number of likely N-dealkylation sites (tertiary alicyclic amines) is 2. The van der Waals surface area contributed by atoms with E-state index < -0.39 is 23.8 Å². The zero-order valence-electron chi connectivity index (χ0n) is 29.0. The number of carbonyl (C=O) groups excluding carboxylic acids is 3. The Labute approximate surface area is 287 Å². The van der Waals surface area contributed by atoms with Gasteiger partial charge in [-0.1, -0.05) is 48.5 Å². The highest BCUT2D eigenvalue weighted by Crippen LogP contribution is 2.33. The van der Waals surface area contributed by atoms with Gasteiger partial charge in [0.1, 0.15) is 23.3 Å². The summed E-state index contributed by atoms with van der Waals surface area (Å²) in [7, 11) is 0. The van der Waals surface area contributed by atoms with Crippen molar-refractivity contribution in [3.05, 3.63) is 66.1 Å². The number of amides is 3. The minimum absolute atomic E-state index is 0.0213. The monoisotopic (exact) mass is 668 g/mol. The van der Waals surface area contributed by atoms with Crippen LogP contribution in [0.25, 0.3) is 22.4 Å². The Bertz CT molecular complexity index is 1690. The van der Waals surface area contributed by atoms with Crippen LogP contribution in [0.3, 0.4) is 0 Å². The third-order valence-corrected chi connectivity index (χ3v) is 9.40. The topological polar surface area (TPSA) is 158 Å². The van der Waals surface area contributed by atoms with Crippen LogP contribution in [-0.2, 0) is 14.3 Å². The summed E-state index contributed by atoms with van der Waals surface area (Å²) in [5, 5.41) is 6.24. The quantitative estimate of drug-likeness (QED) is 0.271. The number of carbonyl (C=O) groups is 3. The maximum atomic E-state index is 13.3. The SMILES string of the molecule is C[C@H](N)C(=O)N1CCC[C@H]1C1=NCC(c2ccc(-c3ccc(-c4cnc(C5CCCN5C(=O)[C@H](C)NC(=O)OC(C)(C)C)[nH]4)cc3)cc2)N1. The molecule has 2 aromatic carbocycles. The molecule has 2 unspecified atom stereocenters. The Balaban J connectivity index is 1.06. The summed E-state index contributed by atoms with van der Waals surface area (Å²) in [5.41, 5.74) is 10.5. The average Bonchev–Trinajstić information content (AvgIpc) is 3.89. The molecule has 3 amide bonds. The van der Waals surface area contributed by atoms with Crippen LogP contribution in [0.4, 0.5) is 4.79 Å². The first-order chi connectivity index (χ1) is 23.4. The Hall–Kier alpha value is -4.71. The molecular formula is C37H48N8O4. The van der Waals surface area contributed by atoms with Crippen molar-refractivity contribution in [3.63, 3.8) is 0 Å². The number of hydrogen-bond acceptors (Lipinski definition) is 8. The average molecular weight is 669 g/mol. The molecule has 3 aliphatic heterocycles. The van der Waals surface area contributed by atoms with Crippen LogP contribution in [0.1, 0.15) is 83.8 Å². The molecule has 2 saturated heterocycles. The second-order valence-corrected chi connectivity index (χ2v) is 14.3. The lowest BCUT2D eigenvalue weighted by atomic mass is 9.99. The fourth-order valence-corrected chi connectivity index (χ4v) is 6.94. The third kappa shape index (κ3) is 7.64. The molecule has 4 heterocycles. The predicted octanol–water partition coefficient (Wildman–Crippen LogP) is 4.70. The summed E-state index contributed by atoms with van der Waals surface area (Å²) in [4.78, 5) is 54.6. The number of imidazole rings is 1. The smallest absolute Gasteiger partial charge is 0.408 e. The minimum atomic E-state index is -0.716. The molecule has 3 aliphatic rings. The molecule has 5 atom stereocenters. The van der Waals surface area contributed by atoms with E-state index in [0.29, 0.717) is 13.1 Å². The van der Waals surface area contributed by atoms with E-state index in [9.17, 15) is 14.4 Å². The molecule has 0 aliphatic carbocycles. The summed E-state index contributed by atoms with van der Waals surface area (Å²) < 4.78 is 5.32. The molecule has 0 saturated carbocycles. The van der Waals surface area contributed by atoms with E-state index in [1.807, 2.05) is 11.1 Å². The normalized spacial score (nSPS) is 22.0. The zero-order chi connectivity index (χ0) is 34.9. The van der Waals surface area contributed by atoms with Gasteiger partial charge in [-0.2, -0.15) is 0 Å². The van der Waals surface area contributed by atoms with Gasteiger partial charge in [0.25, 0.3) is 0 Å². The van der Waals surface area contributed by atoms with Crippen molar-refractivity contribution < 1.29 is 19.1 Å². The Morgan fingerprint density at radius 2 is 1.49 bits per heavy atom. The number of aliphatic imine (C=N–C) groups is 1. The number of ether oxygens (including phenoxy) is 1. The van der Waals surface area contributed by atoms with Crippen molar-refractivity contribution in [1.82, 2.24) is 30.4 Å². The first-order valence-corrected chi connectivity index (χ1v) is 17.3. The van der Waals surface area contributed by atoms with Gasteiger partial charge in [0.05, 0.1) is 42.6 Å². The Kier molecular flexibility index (Phi) is 9.78. The largest absolute Gasteiger partial charge is 0.444 e. The fraction of sp³-hybridized carbons (Fsp3) is 0.486. The first-order valence-electron chi connectivity index (χ1n) is 17.3. The second-order valence-electron chi connectivity index (χ2n) is 14.3. The number of H-pyrrole nitrogens is 1. The number of hydrogen-bond donors (Lipinski definition) is 4. The number of benzene rings is 2. The molecule has 260 valence electrons. The van der Waals surface area contributed by atoms with Crippen LogP contribution in [0.5, 0.6) is 0 Å². The van der Waals surface area contributed by atoms with Crippen LogP contribution < -0.4 is 16.4 Å². The summed E-state index contributed by atoms with van der Waals surface area (Å²) >= 11 is 0. The lowest BCUT2D eigenvalue weighted by Gasteiger charge is -2.27. The van der Waals surface area contributed by atoms with Crippen molar-refractivity contribution in [3.8, 4) is 22.4 Å². The molecule has 49 heavy (non-hydrogen) atoms. The van der Waals surface area contributed by atoms with E-state index in [4.69, 9.17) is 15.5 Å². The summed E-state index contributed by atoms with van der Waals surface area (Å²) in [6.07, 6.45) is 4.71. The fourth-order valence-electron chi connectivity index (χ4n) is 6.94. The first kappa shape index (κ1) is 34.2. The van der Waals surface area contributed by atoms with Gasteiger partial charge >= 0.3 is 6.09 Å². The lowest BCUT2D eigenvalue weighted by Crippen LogP contribution is -2.49. The number of nitrogens with two attached hydrogens (primary N) is 1. The standard InChI is InChI=1S/C37H48N8O4/c1-22(38)34(46)44-18-6-8-30(44)32-39-20-28(42-32)26-14-10-24(11-15-26)25-12-16-27(17-13-25)29-21-40-33(43-29)31-9-7-19-45(31)35(47)23(2)41-36(48)49-37(3,4)5/h10-17,21-23,28,30-31H,6-9,18-20,38H2,1-5H3,(H,39,42)(H,40,43)(H,41,48)/t22-,23-,28?,30-,31?/m0/s1. The molecule has 2 fully saturated rings. The second kappa shape index (κ2) is 14.0. The number of nitrogens with zero attached hydrogens (tertiary/aromatic N) is 4. The van der Waals surface area contributed by atoms with Crippen LogP contribution in [0.2, 0.25) is 0 Å². The van der Waals surface area contributed by atoms with Gasteiger partial charge in [0.15, 0.2) is 0 Å². The van der Waals surface area contributed by atoms with Gasteiger partial charge in [-0.15, -0.1) is 0 Å². The number of alkyl carbamates (subject to hydrolysis) is 1. The maximum Gasteiger partial charge on any atom is 0.408 e. The number of aromatic nitrogens is 2. The minimum Gasteiger partial charge on any atom is -0.444 e. The number of nitrogens with one attached hydrogen (secondary N) is 3. The van der Waals surface area contributed by atoms with E-state index in [0.717, 1.165) is 71.8 Å². The van der Waals surface area contributed by atoms with E-state index in [1.54, 1.807) is 39.5 Å². The van der Waals surface area contributed by atoms with E-state index in [2.05, 4.69) is 69.1 Å². The number of rotatable bonds is 8. The van der Waals surface area contributed by atoms with Gasteiger partial charge in [-0.25, -0.2) is 9.78 Å². The Morgan fingerprint density at radius 3 is 2.12 bits per heavy atom. The molecule has 0 bridgehead atoms. The maximum absolute atomic E-state index is 13.3. The van der Waals surface area contributed by atoms with Crippen molar-refractivity contribution >= 4 is 23.7 Å². The molecule has 12 heteroatoms. The Morgan fingerprint density at radius 1 is 0.898 bits per heavy atom. The van der Waals surface area contributed by atoms with Gasteiger partial charge < -0.3 is 35.9 Å². The zero-order valence-corrected chi connectivity index (χ0v) is 29.0.